The van der Waals surface area contributed by atoms with Crippen molar-refractivity contribution in [1.29, 1.82) is 0 Å². The molecule has 0 saturated carbocycles. The highest BCUT2D eigenvalue weighted by molar-refractivity contribution is 6.02. The zero-order chi connectivity index (χ0) is 14.9. The van der Waals surface area contributed by atoms with E-state index in [0.717, 1.165) is 11.4 Å². The quantitative estimate of drug-likeness (QED) is 0.841. The number of amides is 1. The molecule has 1 aliphatic heterocycles. The molecule has 1 aromatic rings. The fourth-order valence-electron chi connectivity index (χ4n) is 2.12. The van der Waals surface area contributed by atoms with E-state index in [-0.39, 0.29) is 18.4 Å². The number of benzene rings is 1. The Kier molecular flexibility index (Phi) is 3.70. The van der Waals surface area contributed by atoms with E-state index in [9.17, 15) is 9.59 Å². The first-order valence-corrected chi connectivity index (χ1v) is 6.66. The van der Waals surface area contributed by atoms with Crippen molar-refractivity contribution in [2.75, 3.05) is 16.8 Å². The fourth-order valence-corrected chi connectivity index (χ4v) is 2.12. The standard InChI is InChI=1S/C15H20N2O3/c1-10(14(19)20-15(2,3)4)17-9-13(18)16-11-7-5-6-8-12(11)17/h5-8,10H,9H2,1-4H3,(H,16,18). The molecule has 0 aromatic heterocycles. The van der Waals surface area contributed by atoms with Gasteiger partial charge in [-0.25, -0.2) is 4.79 Å². The number of ether oxygens (including phenoxy) is 1. The normalized spacial score (nSPS) is 16.2. The van der Waals surface area contributed by atoms with Crippen LogP contribution in [-0.2, 0) is 14.3 Å². The number of nitrogens with one attached hydrogen (secondary N) is 1. The molecule has 2 rings (SSSR count). The van der Waals surface area contributed by atoms with Gasteiger partial charge in [-0.2, -0.15) is 0 Å². The van der Waals surface area contributed by atoms with Gasteiger partial charge in [0.2, 0.25) is 5.91 Å². The highest BCUT2D eigenvalue weighted by Gasteiger charge is 2.31. The maximum atomic E-state index is 12.2. The minimum Gasteiger partial charge on any atom is -0.458 e. The van der Waals surface area contributed by atoms with Gasteiger partial charge in [0.15, 0.2) is 0 Å². The van der Waals surface area contributed by atoms with Gasteiger partial charge in [0, 0.05) is 0 Å². The van der Waals surface area contributed by atoms with Gasteiger partial charge in [0.25, 0.3) is 0 Å². The van der Waals surface area contributed by atoms with Gasteiger partial charge >= 0.3 is 5.97 Å². The molecule has 0 radical (unpaired) electrons. The summed E-state index contributed by atoms with van der Waals surface area (Å²) in [6, 6.07) is 6.92. The van der Waals surface area contributed by atoms with Crippen molar-refractivity contribution in [2.45, 2.75) is 39.3 Å². The highest BCUT2D eigenvalue weighted by Crippen LogP contribution is 2.30. The van der Waals surface area contributed by atoms with Crippen LogP contribution in [0.15, 0.2) is 24.3 Å². The van der Waals surface area contributed by atoms with Crippen LogP contribution in [0.1, 0.15) is 27.7 Å². The lowest BCUT2D eigenvalue weighted by atomic mass is 10.1. The first-order chi connectivity index (χ1) is 9.28. The van der Waals surface area contributed by atoms with Crippen molar-refractivity contribution < 1.29 is 14.3 Å². The van der Waals surface area contributed by atoms with Crippen molar-refractivity contribution in [3.63, 3.8) is 0 Å². The molecule has 1 heterocycles. The summed E-state index contributed by atoms with van der Waals surface area (Å²) in [5.41, 5.74) is 1.02. The summed E-state index contributed by atoms with van der Waals surface area (Å²) >= 11 is 0. The number of esters is 1. The molecule has 0 spiro atoms. The second-order valence-corrected chi connectivity index (χ2v) is 5.90. The average Bonchev–Trinajstić information content (AvgIpc) is 2.34. The smallest absolute Gasteiger partial charge is 0.329 e. The predicted octanol–water partition coefficient (Wildman–Crippen LogP) is 2.18. The van der Waals surface area contributed by atoms with Gasteiger partial charge in [-0.15, -0.1) is 0 Å². The van der Waals surface area contributed by atoms with Crippen LogP contribution in [0, 0.1) is 0 Å². The van der Waals surface area contributed by atoms with E-state index in [1.54, 1.807) is 11.8 Å². The lowest BCUT2D eigenvalue weighted by molar-refractivity contribution is -0.156. The molecule has 0 fully saturated rings. The van der Waals surface area contributed by atoms with E-state index >= 15 is 0 Å². The Morgan fingerprint density at radius 3 is 2.65 bits per heavy atom. The number of anilines is 2. The maximum absolute atomic E-state index is 12.2. The Hall–Kier alpha value is -2.04. The number of para-hydroxylation sites is 2. The minimum atomic E-state index is -0.539. The molecule has 0 saturated heterocycles. The van der Waals surface area contributed by atoms with Crippen LogP contribution < -0.4 is 10.2 Å². The first kappa shape index (κ1) is 14.4. The molecule has 20 heavy (non-hydrogen) atoms. The lowest BCUT2D eigenvalue weighted by Crippen LogP contribution is -2.48. The van der Waals surface area contributed by atoms with Crippen molar-refractivity contribution in [2.24, 2.45) is 0 Å². The van der Waals surface area contributed by atoms with Crippen LogP contribution >= 0.6 is 0 Å². The molecule has 108 valence electrons. The molecule has 5 nitrogen and oxygen atoms in total. The van der Waals surface area contributed by atoms with Crippen LogP contribution in [0.25, 0.3) is 0 Å². The van der Waals surface area contributed by atoms with Crippen molar-refractivity contribution in [1.82, 2.24) is 0 Å². The third-order valence-electron chi connectivity index (χ3n) is 3.02. The molecule has 1 aromatic carbocycles. The van der Waals surface area contributed by atoms with Crippen LogP contribution in [0.4, 0.5) is 11.4 Å². The predicted molar refractivity (Wildman–Crippen MR) is 77.7 cm³/mol. The monoisotopic (exact) mass is 276 g/mol. The lowest BCUT2D eigenvalue weighted by Gasteiger charge is -2.35. The zero-order valence-corrected chi connectivity index (χ0v) is 12.3. The SMILES string of the molecule is CC(C(=O)OC(C)(C)C)N1CC(=O)Nc2ccccc21. The molecule has 1 aliphatic rings. The molecule has 1 amide bonds. The van der Waals surface area contributed by atoms with Gasteiger partial charge < -0.3 is 15.0 Å². The van der Waals surface area contributed by atoms with Gasteiger partial charge in [0.05, 0.1) is 17.9 Å². The Morgan fingerprint density at radius 1 is 1.35 bits per heavy atom. The molecule has 0 aliphatic carbocycles. The molecule has 1 atom stereocenters. The largest absolute Gasteiger partial charge is 0.458 e. The summed E-state index contributed by atoms with van der Waals surface area (Å²) < 4.78 is 5.39. The Bertz CT molecular complexity index is 534. The zero-order valence-electron chi connectivity index (χ0n) is 12.3. The van der Waals surface area contributed by atoms with E-state index in [2.05, 4.69) is 5.32 Å². The molecular formula is C15H20N2O3. The summed E-state index contributed by atoms with van der Waals surface area (Å²) in [6.45, 7) is 7.39. The number of carbonyl (C=O) groups is 2. The third kappa shape index (κ3) is 3.10. The van der Waals surface area contributed by atoms with E-state index < -0.39 is 11.6 Å². The van der Waals surface area contributed by atoms with Crippen LogP contribution in [-0.4, -0.2) is 30.1 Å². The summed E-state index contributed by atoms with van der Waals surface area (Å²) in [7, 11) is 0. The van der Waals surface area contributed by atoms with Crippen molar-refractivity contribution >= 4 is 23.3 Å². The number of hydrogen-bond acceptors (Lipinski definition) is 4. The molecular weight excluding hydrogens is 256 g/mol. The van der Waals surface area contributed by atoms with Gasteiger partial charge in [-0.1, -0.05) is 12.1 Å². The molecule has 1 unspecified atom stereocenters. The van der Waals surface area contributed by atoms with Crippen LogP contribution in [0.2, 0.25) is 0 Å². The van der Waals surface area contributed by atoms with Crippen LogP contribution in [0.3, 0.4) is 0 Å². The van der Waals surface area contributed by atoms with Gasteiger partial charge in [0.1, 0.15) is 11.6 Å². The van der Waals surface area contributed by atoms with Gasteiger partial charge in [-0.05, 0) is 39.8 Å². The summed E-state index contributed by atoms with van der Waals surface area (Å²) in [4.78, 5) is 25.7. The summed E-state index contributed by atoms with van der Waals surface area (Å²) in [6.07, 6.45) is 0. The summed E-state index contributed by atoms with van der Waals surface area (Å²) in [5.74, 6) is -0.457. The topological polar surface area (TPSA) is 58.6 Å². The average molecular weight is 276 g/mol. The summed E-state index contributed by atoms with van der Waals surface area (Å²) in [5, 5.41) is 2.80. The molecule has 0 bridgehead atoms. The number of fused-ring (bicyclic) bond motifs is 1. The van der Waals surface area contributed by atoms with E-state index in [4.69, 9.17) is 4.74 Å². The van der Waals surface area contributed by atoms with E-state index in [1.165, 1.54) is 0 Å². The maximum Gasteiger partial charge on any atom is 0.329 e. The van der Waals surface area contributed by atoms with Crippen molar-refractivity contribution in [3.8, 4) is 0 Å². The number of hydrogen-bond donors (Lipinski definition) is 1. The Morgan fingerprint density at radius 2 is 2.00 bits per heavy atom. The minimum absolute atomic E-state index is 0.126. The third-order valence-corrected chi connectivity index (χ3v) is 3.02. The number of nitrogens with zero attached hydrogens (tertiary/aromatic N) is 1. The fraction of sp³-hybridized carbons (Fsp3) is 0.467. The number of carbonyl (C=O) groups excluding carboxylic acids is 2. The second kappa shape index (κ2) is 5.15. The second-order valence-electron chi connectivity index (χ2n) is 5.90. The Balaban J connectivity index is 2.24. The molecule has 5 heteroatoms. The molecule has 1 N–H and O–H groups in total. The van der Waals surface area contributed by atoms with E-state index in [0.29, 0.717) is 0 Å². The Labute approximate surface area is 118 Å². The van der Waals surface area contributed by atoms with E-state index in [1.807, 2.05) is 45.0 Å². The van der Waals surface area contributed by atoms with Gasteiger partial charge in [-0.3, -0.25) is 4.79 Å². The first-order valence-electron chi connectivity index (χ1n) is 6.66. The van der Waals surface area contributed by atoms with Crippen molar-refractivity contribution in [3.05, 3.63) is 24.3 Å². The highest BCUT2D eigenvalue weighted by atomic mass is 16.6. The van der Waals surface area contributed by atoms with Crippen LogP contribution in [0.5, 0.6) is 0 Å². The number of rotatable bonds is 2.